The summed E-state index contributed by atoms with van der Waals surface area (Å²) in [4.78, 5) is 26.5. The van der Waals surface area contributed by atoms with Crippen LogP contribution in [-0.4, -0.2) is 31.6 Å². The molecule has 0 amide bonds. The molecular weight excluding hydrogens is 406 g/mol. The fraction of sp³-hybridized carbons (Fsp3) is 0.538. The summed E-state index contributed by atoms with van der Waals surface area (Å²) in [6.07, 6.45) is 1.79. The van der Waals surface area contributed by atoms with Crippen LogP contribution in [-0.2, 0) is 14.3 Å². The molecule has 1 N–H and O–H groups in total. The highest BCUT2D eigenvalue weighted by Gasteiger charge is 2.43. The Bertz CT molecular complexity index is 970. The summed E-state index contributed by atoms with van der Waals surface area (Å²) in [6, 6.07) is 5.63. The Hall–Kier alpha value is -2.76. The van der Waals surface area contributed by atoms with Crippen molar-refractivity contribution in [1.29, 1.82) is 0 Å². The minimum atomic E-state index is -0.518. The number of nitrogens with one attached hydrogen (secondary N) is 1. The summed E-state index contributed by atoms with van der Waals surface area (Å²) in [7, 11) is 1.59. The molecule has 0 spiro atoms. The zero-order valence-corrected chi connectivity index (χ0v) is 20.3. The fourth-order valence-corrected chi connectivity index (χ4v) is 4.51. The van der Waals surface area contributed by atoms with Gasteiger partial charge in [-0.2, -0.15) is 0 Å². The number of allylic oxidation sites excluding steroid dienone is 3. The van der Waals surface area contributed by atoms with Crippen LogP contribution >= 0.6 is 0 Å². The maximum absolute atomic E-state index is 13.4. The second-order valence-corrected chi connectivity index (χ2v) is 9.64. The third kappa shape index (κ3) is 4.84. The van der Waals surface area contributed by atoms with Gasteiger partial charge in [0.1, 0.15) is 0 Å². The van der Waals surface area contributed by atoms with Gasteiger partial charge in [-0.3, -0.25) is 4.79 Å². The van der Waals surface area contributed by atoms with Gasteiger partial charge in [-0.25, -0.2) is 4.79 Å². The molecule has 3 rings (SSSR count). The van der Waals surface area contributed by atoms with Gasteiger partial charge < -0.3 is 19.5 Å². The zero-order valence-electron chi connectivity index (χ0n) is 20.3. The highest BCUT2D eigenvalue weighted by atomic mass is 16.5. The van der Waals surface area contributed by atoms with Crippen molar-refractivity contribution in [3.63, 3.8) is 0 Å². The van der Waals surface area contributed by atoms with Crippen molar-refractivity contribution in [2.45, 2.75) is 72.8 Å². The van der Waals surface area contributed by atoms with E-state index in [0.29, 0.717) is 35.7 Å². The van der Waals surface area contributed by atoms with Crippen LogP contribution in [0, 0.1) is 5.41 Å². The highest BCUT2D eigenvalue weighted by molar-refractivity contribution is 6.04. The van der Waals surface area contributed by atoms with E-state index < -0.39 is 11.9 Å². The number of carbonyl (C=O) groups excluding carboxylic acids is 2. The summed E-state index contributed by atoms with van der Waals surface area (Å²) in [5, 5.41) is 3.36. The Morgan fingerprint density at radius 2 is 1.94 bits per heavy atom. The van der Waals surface area contributed by atoms with E-state index >= 15 is 0 Å². The summed E-state index contributed by atoms with van der Waals surface area (Å²) in [6.45, 7) is 12.3. The number of dihydropyridines is 1. The SMILES string of the molecule is CCCOc1ccc(C2C(C(=O)OC(C)C)=C(C)NC3=C2C(=O)CC(C)(C)C3)cc1OC. The first-order chi connectivity index (χ1) is 15.1. The zero-order chi connectivity index (χ0) is 23.6. The minimum absolute atomic E-state index is 0.0568. The van der Waals surface area contributed by atoms with Gasteiger partial charge >= 0.3 is 5.97 Å². The Morgan fingerprint density at radius 3 is 2.56 bits per heavy atom. The minimum Gasteiger partial charge on any atom is -0.493 e. The molecule has 1 aromatic carbocycles. The second-order valence-electron chi connectivity index (χ2n) is 9.64. The molecule has 0 fully saturated rings. The lowest BCUT2D eigenvalue weighted by molar-refractivity contribution is -0.143. The molecule has 6 nitrogen and oxygen atoms in total. The topological polar surface area (TPSA) is 73.9 Å². The van der Waals surface area contributed by atoms with Crippen LogP contribution in [0.25, 0.3) is 0 Å². The molecule has 1 unspecified atom stereocenters. The lowest BCUT2D eigenvalue weighted by atomic mass is 9.68. The average molecular weight is 442 g/mol. The van der Waals surface area contributed by atoms with Gasteiger partial charge in [0.25, 0.3) is 0 Å². The molecule has 0 saturated carbocycles. The molecule has 0 aromatic heterocycles. The number of hydrogen-bond acceptors (Lipinski definition) is 6. The van der Waals surface area contributed by atoms with E-state index in [1.807, 2.05) is 45.9 Å². The second kappa shape index (κ2) is 9.39. The van der Waals surface area contributed by atoms with Crippen LogP contribution in [0.3, 0.4) is 0 Å². The number of ether oxygens (including phenoxy) is 3. The lowest BCUT2D eigenvalue weighted by Crippen LogP contribution is -2.39. The van der Waals surface area contributed by atoms with Crippen molar-refractivity contribution in [1.82, 2.24) is 5.32 Å². The maximum atomic E-state index is 13.4. The molecule has 1 atom stereocenters. The van der Waals surface area contributed by atoms with Crippen molar-refractivity contribution in [2.24, 2.45) is 5.41 Å². The first kappa shape index (κ1) is 23.9. The maximum Gasteiger partial charge on any atom is 0.337 e. The summed E-state index contributed by atoms with van der Waals surface area (Å²) in [5.41, 5.74) is 3.39. The number of hydrogen-bond donors (Lipinski definition) is 1. The molecule has 1 heterocycles. The lowest BCUT2D eigenvalue weighted by Gasteiger charge is -2.39. The van der Waals surface area contributed by atoms with Crippen LogP contribution in [0.1, 0.15) is 72.3 Å². The molecule has 174 valence electrons. The van der Waals surface area contributed by atoms with Crippen molar-refractivity contribution in [2.75, 3.05) is 13.7 Å². The molecule has 0 saturated heterocycles. The van der Waals surface area contributed by atoms with Crippen molar-refractivity contribution in [3.8, 4) is 11.5 Å². The van der Waals surface area contributed by atoms with E-state index in [1.54, 1.807) is 7.11 Å². The smallest absolute Gasteiger partial charge is 0.337 e. The quantitative estimate of drug-likeness (QED) is 0.598. The van der Waals surface area contributed by atoms with Crippen LogP contribution in [0.4, 0.5) is 0 Å². The molecular formula is C26H35NO5. The van der Waals surface area contributed by atoms with Gasteiger partial charge in [-0.05, 0) is 56.7 Å². The van der Waals surface area contributed by atoms with E-state index in [1.165, 1.54) is 0 Å². The summed E-state index contributed by atoms with van der Waals surface area (Å²) in [5.74, 6) is 0.347. The van der Waals surface area contributed by atoms with Gasteiger partial charge in [0.15, 0.2) is 17.3 Å². The van der Waals surface area contributed by atoms with Crippen LogP contribution < -0.4 is 14.8 Å². The van der Waals surface area contributed by atoms with E-state index in [9.17, 15) is 9.59 Å². The predicted octanol–water partition coefficient (Wildman–Crippen LogP) is 5.04. The Balaban J connectivity index is 2.15. The van der Waals surface area contributed by atoms with E-state index in [0.717, 1.165) is 29.8 Å². The van der Waals surface area contributed by atoms with Crippen LogP contribution in [0.15, 0.2) is 40.7 Å². The number of ketones is 1. The predicted molar refractivity (Wildman–Crippen MR) is 124 cm³/mol. The van der Waals surface area contributed by atoms with Gasteiger partial charge in [-0.15, -0.1) is 0 Å². The Labute approximate surface area is 191 Å². The van der Waals surface area contributed by atoms with E-state index in [2.05, 4.69) is 19.2 Å². The monoisotopic (exact) mass is 441 g/mol. The summed E-state index contributed by atoms with van der Waals surface area (Å²) < 4.78 is 17.0. The van der Waals surface area contributed by atoms with Crippen molar-refractivity contribution in [3.05, 3.63) is 46.3 Å². The van der Waals surface area contributed by atoms with E-state index in [4.69, 9.17) is 14.2 Å². The molecule has 1 aromatic rings. The Morgan fingerprint density at radius 1 is 1.22 bits per heavy atom. The third-order valence-corrected chi connectivity index (χ3v) is 5.79. The first-order valence-electron chi connectivity index (χ1n) is 11.3. The number of esters is 1. The highest BCUT2D eigenvalue weighted by Crippen LogP contribution is 2.48. The largest absolute Gasteiger partial charge is 0.493 e. The molecule has 0 radical (unpaired) electrons. The van der Waals surface area contributed by atoms with E-state index in [-0.39, 0.29) is 17.3 Å². The Kier molecular flexibility index (Phi) is 7.01. The standard InChI is InChI=1S/C26H35NO5/c1-8-11-31-20-10-9-17(12-21(20)30-7)23-22(25(29)32-15(2)3)16(4)27-18-13-26(5,6)14-19(28)24(18)23/h9-10,12,15,23,27H,8,11,13-14H2,1-7H3. The summed E-state index contributed by atoms with van der Waals surface area (Å²) >= 11 is 0. The first-order valence-corrected chi connectivity index (χ1v) is 11.3. The molecule has 1 aliphatic carbocycles. The number of methoxy groups -OCH3 is 1. The van der Waals surface area contributed by atoms with Gasteiger partial charge in [0, 0.05) is 29.3 Å². The van der Waals surface area contributed by atoms with Crippen LogP contribution in [0.2, 0.25) is 0 Å². The van der Waals surface area contributed by atoms with Gasteiger partial charge in [0.2, 0.25) is 0 Å². The fourth-order valence-electron chi connectivity index (χ4n) is 4.51. The number of benzene rings is 1. The molecule has 2 aliphatic rings. The van der Waals surface area contributed by atoms with Crippen LogP contribution in [0.5, 0.6) is 11.5 Å². The molecule has 1 aliphatic heterocycles. The normalized spacial score (nSPS) is 20.1. The average Bonchev–Trinajstić information content (AvgIpc) is 2.69. The van der Waals surface area contributed by atoms with Crippen molar-refractivity contribution < 1.29 is 23.8 Å². The number of Topliss-reactive ketones (excluding diaryl/α,β-unsaturated/α-hetero) is 1. The van der Waals surface area contributed by atoms with Gasteiger partial charge in [0.05, 0.1) is 25.4 Å². The number of rotatable bonds is 7. The van der Waals surface area contributed by atoms with Crippen molar-refractivity contribution >= 4 is 11.8 Å². The number of carbonyl (C=O) groups is 2. The molecule has 6 heteroatoms. The third-order valence-electron chi connectivity index (χ3n) is 5.79. The van der Waals surface area contributed by atoms with Gasteiger partial charge in [-0.1, -0.05) is 26.8 Å². The molecule has 0 bridgehead atoms. The molecule has 32 heavy (non-hydrogen) atoms.